The number of rotatable bonds is 6. The molecule has 0 aromatic carbocycles. The summed E-state index contributed by atoms with van der Waals surface area (Å²) in [4.78, 5) is 1.18. The van der Waals surface area contributed by atoms with E-state index in [4.69, 9.17) is 5.73 Å². The zero-order valence-corrected chi connectivity index (χ0v) is 15.0. The van der Waals surface area contributed by atoms with Crippen LogP contribution >= 0.6 is 27.3 Å². The summed E-state index contributed by atoms with van der Waals surface area (Å²) in [6.45, 7) is 4.61. The Morgan fingerprint density at radius 2 is 2.19 bits per heavy atom. The van der Waals surface area contributed by atoms with Gasteiger partial charge in [0.05, 0.1) is 17.9 Å². The number of halogens is 1. The Morgan fingerprint density at radius 3 is 2.76 bits per heavy atom. The summed E-state index contributed by atoms with van der Waals surface area (Å²) in [7, 11) is -3.59. The van der Waals surface area contributed by atoms with E-state index in [0.717, 1.165) is 9.35 Å². The van der Waals surface area contributed by atoms with Gasteiger partial charge in [0.25, 0.3) is 0 Å². The molecule has 0 amide bonds. The zero-order chi connectivity index (χ0) is 15.6. The Bertz CT molecular complexity index is 737. The second-order valence-corrected chi connectivity index (χ2v) is 8.18. The lowest BCUT2D eigenvalue weighted by Gasteiger charge is -2.07. The monoisotopic (exact) mass is 392 g/mol. The van der Waals surface area contributed by atoms with Crippen LogP contribution in [0.25, 0.3) is 0 Å². The van der Waals surface area contributed by atoms with Crippen molar-refractivity contribution in [2.24, 2.45) is 5.73 Å². The lowest BCUT2D eigenvalue weighted by Crippen LogP contribution is -2.24. The lowest BCUT2D eigenvalue weighted by molar-refractivity contribution is 0.577. The molecule has 0 aliphatic heterocycles. The summed E-state index contributed by atoms with van der Waals surface area (Å²) in [5.41, 5.74) is 6.60. The summed E-state index contributed by atoms with van der Waals surface area (Å²) in [6.07, 6.45) is 0. The van der Waals surface area contributed by atoms with Gasteiger partial charge in [0.1, 0.15) is 4.90 Å². The Kier molecular flexibility index (Phi) is 5.20. The van der Waals surface area contributed by atoms with Gasteiger partial charge in [0.15, 0.2) is 0 Å². The third-order valence-electron chi connectivity index (χ3n) is 2.98. The van der Waals surface area contributed by atoms with Gasteiger partial charge in [0, 0.05) is 27.8 Å². The van der Waals surface area contributed by atoms with Gasteiger partial charge < -0.3 is 5.73 Å². The molecule has 0 spiro atoms. The van der Waals surface area contributed by atoms with E-state index >= 15 is 0 Å². The fraction of sp³-hybridized carbons (Fsp3) is 0.417. The summed E-state index contributed by atoms with van der Waals surface area (Å²) in [6, 6.07) is 1.89. The average Bonchev–Trinajstić information content (AvgIpc) is 2.93. The maximum Gasteiger partial charge on any atom is 0.244 e. The van der Waals surface area contributed by atoms with Crippen LogP contribution < -0.4 is 10.5 Å². The van der Waals surface area contributed by atoms with Crippen molar-refractivity contribution >= 4 is 37.3 Å². The molecular formula is C12H17BrN4O2S2. The smallest absolute Gasteiger partial charge is 0.244 e. The van der Waals surface area contributed by atoms with Gasteiger partial charge >= 0.3 is 0 Å². The summed E-state index contributed by atoms with van der Waals surface area (Å²) in [5, 5.41) is 6.15. The van der Waals surface area contributed by atoms with E-state index in [1.54, 1.807) is 18.5 Å². The molecule has 2 aromatic heterocycles. The van der Waals surface area contributed by atoms with Gasteiger partial charge in [0.2, 0.25) is 10.0 Å². The van der Waals surface area contributed by atoms with Gasteiger partial charge in [-0.05, 0) is 35.8 Å². The summed E-state index contributed by atoms with van der Waals surface area (Å²) < 4.78 is 30.1. The van der Waals surface area contributed by atoms with Crippen LogP contribution in [0.15, 0.2) is 20.8 Å². The topological polar surface area (TPSA) is 90.0 Å². The molecule has 0 radical (unpaired) electrons. The van der Waals surface area contributed by atoms with Gasteiger partial charge in [-0.15, -0.1) is 11.3 Å². The fourth-order valence-electron chi connectivity index (χ4n) is 2.09. The maximum absolute atomic E-state index is 12.5. The Balaban J connectivity index is 2.23. The van der Waals surface area contributed by atoms with Crippen molar-refractivity contribution < 1.29 is 8.42 Å². The molecule has 0 aliphatic rings. The molecule has 0 atom stereocenters. The highest BCUT2D eigenvalue weighted by Crippen LogP contribution is 2.22. The van der Waals surface area contributed by atoms with E-state index in [1.165, 1.54) is 11.3 Å². The first-order chi connectivity index (χ1) is 9.85. The van der Waals surface area contributed by atoms with Crippen molar-refractivity contribution in [1.29, 1.82) is 0 Å². The first kappa shape index (κ1) is 16.6. The van der Waals surface area contributed by atoms with Crippen LogP contribution in [-0.2, 0) is 23.1 Å². The van der Waals surface area contributed by atoms with Crippen molar-refractivity contribution in [3.05, 3.63) is 32.2 Å². The molecule has 2 heterocycles. The van der Waals surface area contributed by atoms with E-state index in [2.05, 4.69) is 25.8 Å². The minimum absolute atomic E-state index is 0.242. The molecule has 2 rings (SSSR count). The largest absolute Gasteiger partial charge is 0.329 e. The highest BCUT2D eigenvalue weighted by molar-refractivity contribution is 9.10. The molecule has 9 heteroatoms. The van der Waals surface area contributed by atoms with E-state index in [1.807, 2.05) is 11.4 Å². The number of nitrogens with zero attached hydrogens (tertiary/aromatic N) is 2. The van der Waals surface area contributed by atoms with Gasteiger partial charge in [-0.3, -0.25) is 4.68 Å². The highest BCUT2D eigenvalue weighted by Gasteiger charge is 2.24. The zero-order valence-electron chi connectivity index (χ0n) is 11.8. The van der Waals surface area contributed by atoms with Crippen molar-refractivity contribution in [3.63, 3.8) is 0 Å². The Labute approximate surface area is 136 Å². The molecule has 3 N–H and O–H groups in total. The number of nitrogens with one attached hydrogen (secondary N) is 1. The molecule has 0 saturated heterocycles. The van der Waals surface area contributed by atoms with Crippen LogP contribution in [0.3, 0.4) is 0 Å². The third kappa shape index (κ3) is 3.72. The molecule has 0 unspecified atom stereocenters. The quantitative estimate of drug-likeness (QED) is 0.783. The van der Waals surface area contributed by atoms with E-state index in [-0.39, 0.29) is 11.4 Å². The number of hydrogen-bond acceptors (Lipinski definition) is 5. The minimum atomic E-state index is -3.59. The van der Waals surface area contributed by atoms with Crippen LogP contribution in [0, 0.1) is 13.8 Å². The van der Waals surface area contributed by atoms with Crippen LogP contribution in [0.4, 0.5) is 0 Å². The predicted octanol–water partition coefficient (Wildman–Crippen LogP) is 1.76. The SMILES string of the molecule is Cc1nn(CCN)c(C)c1S(=O)(=O)NCc1cc(Br)cs1. The average molecular weight is 393 g/mol. The van der Waals surface area contributed by atoms with Crippen LogP contribution in [-0.4, -0.2) is 24.7 Å². The van der Waals surface area contributed by atoms with Crippen molar-refractivity contribution in [2.75, 3.05) is 6.54 Å². The normalized spacial score (nSPS) is 12.0. The molecule has 21 heavy (non-hydrogen) atoms. The molecule has 116 valence electrons. The van der Waals surface area contributed by atoms with Crippen molar-refractivity contribution in [2.45, 2.75) is 31.8 Å². The van der Waals surface area contributed by atoms with Crippen LogP contribution in [0.2, 0.25) is 0 Å². The number of thiophene rings is 1. The fourth-order valence-corrected chi connectivity index (χ4v) is 4.99. The second kappa shape index (κ2) is 6.57. The number of aromatic nitrogens is 2. The Morgan fingerprint density at radius 1 is 1.48 bits per heavy atom. The Hall–Kier alpha value is -0.740. The predicted molar refractivity (Wildman–Crippen MR) is 86.8 cm³/mol. The summed E-state index contributed by atoms with van der Waals surface area (Å²) in [5.74, 6) is 0. The minimum Gasteiger partial charge on any atom is -0.329 e. The first-order valence-electron chi connectivity index (χ1n) is 6.32. The second-order valence-electron chi connectivity index (χ2n) is 4.57. The third-order valence-corrected chi connectivity index (χ3v) is 6.33. The standard InChI is InChI=1S/C12H17BrN4O2S2/c1-8-12(9(2)17(16-8)4-3-14)21(18,19)15-6-11-5-10(13)7-20-11/h5,7,15H,3-4,6,14H2,1-2H3. The van der Waals surface area contributed by atoms with Crippen LogP contribution in [0.1, 0.15) is 16.3 Å². The molecule has 0 aliphatic carbocycles. The number of nitrogens with two attached hydrogens (primary N) is 1. The highest BCUT2D eigenvalue weighted by atomic mass is 79.9. The van der Waals surface area contributed by atoms with Gasteiger partial charge in [-0.25, -0.2) is 13.1 Å². The van der Waals surface area contributed by atoms with Gasteiger partial charge in [-0.1, -0.05) is 0 Å². The molecule has 0 bridgehead atoms. The molecule has 6 nitrogen and oxygen atoms in total. The maximum atomic E-state index is 12.5. The van der Waals surface area contributed by atoms with E-state index in [0.29, 0.717) is 24.5 Å². The van der Waals surface area contributed by atoms with Crippen molar-refractivity contribution in [1.82, 2.24) is 14.5 Å². The first-order valence-corrected chi connectivity index (χ1v) is 9.47. The van der Waals surface area contributed by atoms with Gasteiger partial charge in [-0.2, -0.15) is 5.10 Å². The summed E-state index contributed by atoms with van der Waals surface area (Å²) >= 11 is 4.85. The van der Waals surface area contributed by atoms with Crippen LogP contribution in [0.5, 0.6) is 0 Å². The molecular weight excluding hydrogens is 376 g/mol. The van der Waals surface area contributed by atoms with E-state index < -0.39 is 10.0 Å². The number of sulfonamides is 1. The number of hydrogen-bond donors (Lipinski definition) is 2. The lowest BCUT2D eigenvalue weighted by atomic mass is 10.4. The molecule has 2 aromatic rings. The van der Waals surface area contributed by atoms with Crippen molar-refractivity contribution in [3.8, 4) is 0 Å². The number of aryl methyl sites for hydroxylation is 1. The molecule has 0 fully saturated rings. The van der Waals surface area contributed by atoms with E-state index in [9.17, 15) is 8.42 Å². The molecule has 0 saturated carbocycles.